The molecule has 1 atom stereocenters. The number of amides is 1. The monoisotopic (exact) mass is 499 g/mol. The molecule has 176 valence electrons. The molecule has 5 heterocycles. The summed E-state index contributed by atoms with van der Waals surface area (Å²) in [5.74, 6) is 0.340. The zero-order valence-corrected chi connectivity index (χ0v) is 20.5. The van der Waals surface area contributed by atoms with Gasteiger partial charge in [-0.15, -0.1) is 5.10 Å². The fourth-order valence-corrected chi connectivity index (χ4v) is 4.50. The molecular formula is C22H23Cl2N9O. The SMILES string of the molecule is CC.Cc1nc(Cl)c2c(Cl)cc(C(C)NC(=O)c3c(N)nn4cccnc34)c(-c3cn[nH]c3)n12. The predicted octanol–water partition coefficient (Wildman–Crippen LogP) is 4.48. The summed E-state index contributed by atoms with van der Waals surface area (Å²) >= 11 is 12.9. The Balaban J connectivity index is 0.00000133. The van der Waals surface area contributed by atoms with E-state index >= 15 is 0 Å². The lowest BCUT2D eigenvalue weighted by Gasteiger charge is -2.20. The van der Waals surface area contributed by atoms with Crippen molar-refractivity contribution in [2.45, 2.75) is 33.7 Å². The molecule has 0 aliphatic heterocycles. The third-order valence-corrected chi connectivity index (χ3v) is 5.79. The van der Waals surface area contributed by atoms with Crippen molar-refractivity contribution in [3.05, 3.63) is 64.0 Å². The Morgan fingerprint density at radius 2 is 2.06 bits per heavy atom. The number of fused-ring (bicyclic) bond motifs is 2. The first-order chi connectivity index (χ1) is 16.4. The number of nitrogens with two attached hydrogens (primary N) is 1. The van der Waals surface area contributed by atoms with Crippen molar-refractivity contribution in [1.82, 2.24) is 39.5 Å². The number of aryl methyl sites for hydroxylation is 1. The maximum atomic E-state index is 13.2. The molecule has 34 heavy (non-hydrogen) atoms. The third-order valence-electron chi connectivity index (χ3n) is 5.24. The molecule has 1 unspecified atom stereocenters. The van der Waals surface area contributed by atoms with Crippen LogP contribution in [0.1, 0.15) is 48.6 Å². The minimum absolute atomic E-state index is 0.0918. The first-order valence-electron chi connectivity index (χ1n) is 10.6. The highest BCUT2D eigenvalue weighted by atomic mass is 35.5. The molecule has 5 aromatic rings. The summed E-state index contributed by atoms with van der Waals surface area (Å²) in [5.41, 5.74) is 9.46. The number of halogens is 2. The Bertz CT molecular complexity index is 1490. The summed E-state index contributed by atoms with van der Waals surface area (Å²) in [6.45, 7) is 7.68. The maximum Gasteiger partial charge on any atom is 0.259 e. The van der Waals surface area contributed by atoms with E-state index in [1.54, 1.807) is 36.9 Å². The van der Waals surface area contributed by atoms with Crippen LogP contribution in [0.2, 0.25) is 10.2 Å². The third kappa shape index (κ3) is 3.84. The number of nitrogens with zero attached hydrogens (tertiary/aromatic N) is 6. The first-order valence-corrected chi connectivity index (χ1v) is 11.4. The van der Waals surface area contributed by atoms with Gasteiger partial charge in [-0.05, 0) is 26.0 Å². The average Bonchev–Trinajstić information content (AvgIpc) is 3.52. The Kier molecular flexibility index (Phi) is 6.45. The highest BCUT2D eigenvalue weighted by Gasteiger charge is 2.25. The Morgan fingerprint density at radius 3 is 2.76 bits per heavy atom. The summed E-state index contributed by atoms with van der Waals surface area (Å²) < 4.78 is 3.32. The van der Waals surface area contributed by atoms with E-state index in [4.69, 9.17) is 28.9 Å². The molecule has 1 amide bonds. The molecule has 0 aliphatic carbocycles. The van der Waals surface area contributed by atoms with Gasteiger partial charge in [-0.2, -0.15) is 5.10 Å². The van der Waals surface area contributed by atoms with Gasteiger partial charge in [0.05, 0.1) is 23.0 Å². The van der Waals surface area contributed by atoms with E-state index in [0.717, 1.165) is 16.8 Å². The topological polar surface area (TPSA) is 131 Å². The largest absolute Gasteiger partial charge is 0.381 e. The molecule has 0 radical (unpaired) electrons. The summed E-state index contributed by atoms with van der Waals surface area (Å²) in [7, 11) is 0. The van der Waals surface area contributed by atoms with Crippen molar-refractivity contribution in [3.63, 3.8) is 0 Å². The van der Waals surface area contributed by atoms with Crippen LogP contribution >= 0.6 is 23.2 Å². The highest BCUT2D eigenvalue weighted by Crippen LogP contribution is 2.37. The molecule has 0 spiro atoms. The number of nitrogens with one attached hydrogen (secondary N) is 2. The van der Waals surface area contributed by atoms with Crippen molar-refractivity contribution in [1.29, 1.82) is 0 Å². The molecule has 0 fully saturated rings. The van der Waals surface area contributed by atoms with Crippen molar-refractivity contribution in [2.24, 2.45) is 0 Å². The lowest BCUT2D eigenvalue weighted by Crippen LogP contribution is -2.28. The van der Waals surface area contributed by atoms with E-state index < -0.39 is 11.9 Å². The van der Waals surface area contributed by atoms with Crippen molar-refractivity contribution >= 4 is 46.1 Å². The van der Waals surface area contributed by atoms with Gasteiger partial charge in [0, 0.05) is 29.7 Å². The fraction of sp³-hybridized carbons (Fsp3) is 0.227. The van der Waals surface area contributed by atoms with E-state index in [9.17, 15) is 4.79 Å². The van der Waals surface area contributed by atoms with Crippen LogP contribution in [0.25, 0.3) is 22.4 Å². The van der Waals surface area contributed by atoms with Crippen LogP contribution in [0.3, 0.4) is 0 Å². The number of carbonyl (C=O) groups is 1. The van der Waals surface area contributed by atoms with Gasteiger partial charge in [0.15, 0.2) is 16.6 Å². The molecule has 0 aliphatic rings. The van der Waals surface area contributed by atoms with E-state index in [-0.39, 0.29) is 11.4 Å². The second-order valence-corrected chi connectivity index (χ2v) is 8.03. The van der Waals surface area contributed by atoms with Crippen LogP contribution in [0.5, 0.6) is 0 Å². The second-order valence-electron chi connectivity index (χ2n) is 7.26. The van der Waals surface area contributed by atoms with Crippen molar-refractivity contribution in [3.8, 4) is 11.3 Å². The smallest absolute Gasteiger partial charge is 0.259 e. The number of imidazole rings is 1. The summed E-state index contributed by atoms with van der Waals surface area (Å²) in [6, 6.07) is 3.01. The Morgan fingerprint density at radius 1 is 1.29 bits per heavy atom. The zero-order chi connectivity index (χ0) is 24.6. The number of anilines is 1. The molecule has 0 aromatic carbocycles. The number of hydrogen-bond acceptors (Lipinski definition) is 6. The normalized spacial score (nSPS) is 11.9. The number of carbonyl (C=O) groups excluding carboxylic acids is 1. The summed E-state index contributed by atoms with van der Waals surface area (Å²) in [5, 5.41) is 14.7. The van der Waals surface area contributed by atoms with Crippen LogP contribution in [0.4, 0.5) is 5.82 Å². The molecule has 0 bridgehead atoms. The predicted molar refractivity (Wildman–Crippen MR) is 132 cm³/mol. The Labute approximate surface area is 205 Å². The van der Waals surface area contributed by atoms with Gasteiger partial charge in [-0.3, -0.25) is 14.3 Å². The van der Waals surface area contributed by atoms with Crippen molar-refractivity contribution < 1.29 is 4.79 Å². The van der Waals surface area contributed by atoms with Gasteiger partial charge >= 0.3 is 0 Å². The van der Waals surface area contributed by atoms with Gasteiger partial charge < -0.3 is 11.1 Å². The number of aromatic nitrogens is 7. The lowest BCUT2D eigenvalue weighted by atomic mass is 10.0. The molecule has 5 aromatic heterocycles. The number of hydrogen-bond donors (Lipinski definition) is 3. The minimum Gasteiger partial charge on any atom is -0.381 e. The van der Waals surface area contributed by atoms with Gasteiger partial charge in [-0.1, -0.05) is 37.0 Å². The van der Waals surface area contributed by atoms with Crippen molar-refractivity contribution in [2.75, 3.05) is 5.73 Å². The van der Waals surface area contributed by atoms with Crippen LogP contribution in [0, 0.1) is 6.92 Å². The number of aromatic amines is 1. The quantitative estimate of drug-likeness (QED) is 0.334. The van der Waals surface area contributed by atoms with E-state index in [1.807, 2.05) is 32.1 Å². The molecule has 4 N–H and O–H groups in total. The first kappa shape index (κ1) is 23.5. The van der Waals surface area contributed by atoms with E-state index in [0.29, 0.717) is 27.2 Å². The lowest BCUT2D eigenvalue weighted by molar-refractivity contribution is 0.0942. The Hall–Kier alpha value is -3.63. The number of nitrogen functional groups attached to an aromatic ring is 1. The van der Waals surface area contributed by atoms with E-state index in [2.05, 4.69) is 30.6 Å². The zero-order valence-electron chi connectivity index (χ0n) is 19.0. The maximum absolute atomic E-state index is 13.2. The van der Waals surface area contributed by atoms with Crippen LogP contribution in [-0.2, 0) is 0 Å². The fourth-order valence-electron chi connectivity index (χ4n) is 3.85. The van der Waals surface area contributed by atoms with Gasteiger partial charge in [0.2, 0.25) is 0 Å². The number of pyridine rings is 1. The van der Waals surface area contributed by atoms with Crippen LogP contribution in [-0.4, -0.2) is 40.1 Å². The molecular weight excluding hydrogens is 477 g/mol. The highest BCUT2D eigenvalue weighted by molar-refractivity contribution is 6.39. The van der Waals surface area contributed by atoms with Gasteiger partial charge in [-0.25, -0.2) is 14.5 Å². The molecule has 10 nitrogen and oxygen atoms in total. The summed E-state index contributed by atoms with van der Waals surface area (Å²) in [6.07, 6.45) is 6.69. The minimum atomic E-state index is -0.465. The standard InChI is InChI=1S/C20H17Cl2N9O.C2H6/c1-9(27-20(32)14-18(23)29-30-5-3-4-24-19(14)30)12-6-13(21)16-17(22)28-10(2)31(16)15(12)11-7-25-26-8-11;1-2/h3-9H,1-2H3,(H2,23,29)(H,25,26)(H,27,32);1-2H3. The van der Waals surface area contributed by atoms with Crippen LogP contribution in [0.15, 0.2) is 36.9 Å². The molecule has 0 saturated heterocycles. The second kappa shape index (κ2) is 9.32. The van der Waals surface area contributed by atoms with Crippen LogP contribution < -0.4 is 11.1 Å². The summed E-state index contributed by atoms with van der Waals surface area (Å²) in [4.78, 5) is 21.8. The average molecular weight is 500 g/mol. The number of rotatable bonds is 4. The molecule has 12 heteroatoms. The molecule has 0 saturated carbocycles. The van der Waals surface area contributed by atoms with Gasteiger partial charge in [0.25, 0.3) is 5.91 Å². The van der Waals surface area contributed by atoms with E-state index in [1.165, 1.54) is 4.52 Å². The molecule has 5 rings (SSSR count). The number of H-pyrrole nitrogens is 1. The van der Waals surface area contributed by atoms with Gasteiger partial charge in [0.1, 0.15) is 16.9 Å².